The molecule has 4 atom stereocenters. The Morgan fingerprint density at radius 2 is 1.68 bits per heavy atom. The molecule has 1 amide bonds. The van der Waals surface area contributed by atoms with Gasteiger partial charge in [-0.3, -0.25) is 19.3 Å². The Hall–Kier alpha value is -4.09. The molecule has 0 aliphatic heterocycles. The number of hydrogen-bond donors (Lipinski definition) is 5. The number of aliphatic hydroxyl groups excluding tert-OH is 2. The SMILES string of the molecule is CN(C)[C@@H]1C(=O)C(C(N)=O)=C(O)[C@@]2(O)C(=O)C3=C(O)c4c(O)ccc(-c5ccc(F)cc5F)c4C[C@@]3(C)C[C@@]12C. The number of amides is 1. The molecular formula is C29H28F2N2O7. The van der Waals surface area contributed by atoms with Gasteiger partial charge in [-0.25, -0.2) is 8.78 Å². The fraction of sp³-hybridized carbons (Fsp3) is 0.345. The minimum Gasteiger partial charge on any atom is -0.508 e. The third kappa shape index (κ3) is 3.27. The van der Waals surface area contributed by atoms with Crippen molar-refractivity contribution in [3.63, 3.8) is 0 Å². The number of aliphatic hydroxyl groups is 3. The summed E-state index contributed by atoms with van der Waals surface area (Å²) in [5.41, 5.74) is -1.46. The molecule has 0 unspecified atom stereocenters. The van der Waals surface area contributed by atoms with Crippen LogP contribution in [-0.2, 0) is 20.8 Å². The molecule has 3 aliphatic carbocycles. The lowest BCUT2D eigenvalue weighted by atomic mass is 9.46. The first-order chi connectivity index (χ1) is 18.5. The number of nitrogens with two attached hydrogens (primary N) is 1. The first-order valence-electron chi connectivity index (χ1n) is 12.5. The lowest BCUT2D eigenvalue weighted by Gasteiger charge is -2.59. The maximum absolute atomic E-state index is 14.9. The van der Waals surface area contributed by atoms with Crippen molar-refractivity contribution in [1.29, 1.82) is 0 Å². The Balaban J connectivity index is 1.83. The molecule has 0 spiro atoms. The number of phenols is 1. The summed E-state index contributed by atoms with van der Waals surface area (Å²) in [4.78, 5) is 41.3. The van der Waals surface area contributed by atoms with Crippen molar-refractivity contribution in [2.45, 2.75) is 38.3 Å². The number of hydrogen-bond acceptors (Lipinski definition) is 8. The first kappa shape index (κ1) is 27.5. The molecule has 0 heterocycles. The highest BCUT2D eigenvalue weighted by Gasteiger charge is 2.72. The number of fused-ring (bicyclic) bond motifs is 3. The lowest BCUT2D eigenvalue weighted by Crippen LogP contribution is -2.72. The molecule has 0 radical (unpaired) electrons. The largest absolute Gasteiger partial charge is 0.508 e. The molecule has 0 aromatic heterocycles. The number of halogens is 2. The summed E-state index contributed by atoms with van der Waals surface area (Å²) in [6.07, 6.45) is -0.242. The van der Waals surface area contributed by atoms with Gasteiger partial charge in [0.05, 0.1) is 11.6 Å². The molecule has 40 heavy (non-hydrogen) atoms. The number of aromatic hydroxyl groups is 1. The molecule has 0 saturated heterocycles. The predicted molar refractivity (Wildman–Crippen MR) is 139 cm³/mol. The second kappa shape index (κ2) is 8.45. The van der Waals surface area contributed by atoms with E-state index >= 15 is 0 Å². The molecule has 2 aromatic rings. The highest BCUT2D eigenvalue weighted by molar-refractivity contribution is 6.25. The fourth-order valence-electron chi connectivity index (χ4n) is 7.28. The van der Waals surface area contributed by atoms with Crippen molar-refractivity contribution in [1.82, 2.24) is 4.90 Å². The Morgan fingerprint density at radius 3 is 2.25 bits per heavy atom. The third-order valence-electron chi connectivity index (χ3n) is 8.74. The van der Waals surface area contributed by atoms with E-state index in [1.165, 1.54) is 44.1 Å². The molecular weight excluding hydrogens is 526 g/mol. The van der Waals surface area contributed by atoms with E-state index in [1.807, 2.05) is 0 Å². The lowest BCUT2D eigenvalue weighted by molar-refractivity contribution is -0.175. The van der Waals surface area contributed by atoms with E-state index in [-0.39, 0.29) is 40.7 Å². The number of rotatable bonds is 3. The number of phenolic OH excluding ortho intramolecular Hbond substituents is 1. The van der Waals surface area contributed by atoms with Crippen LogP contribution in [-0.4, -0.2) is 68.5 Å². The first-order valence-corrected chi connectivity index (χ1v) is 12.5. The number of likely N-dealkylation sites (N-methyl/N-ethyl adjacent to an activating group) is 1. The highest BCUT2D eigenvalue weighted by Crippen LogP contribution is 2.63. The minimum absolute atomic E-state index is 0.00644. The standard InChI is InChI=1S/C29H28F2N2O7/c1-27-10-15-13(14-6-5-12(30)9-16(14)31)7-8-17(34)18(15)21(35)20(27)25(38)29(40)24(37)19(26(32)39)22(36)23(33(3)4)28(29,2)11-27/h5-9,23,34-35,37,40H,10-11H2,1-4H3,(H2,32,39)/t23-,27+,28+,29-/m1/s1. The van der Waals surface area contributed by atoms with Crippen LogP contribution in [0.4, 0.5) is 8.78 Å². The Kier molecular flexibility index (Phi) is 5.81. The van der Waals surface area contributed by atoms with E-state index in [1.54, 1.807) is 6.92 Å². The van der Waals surface area contributed by atoms with Gasteiger partial charge in [-0.1, -0.05) is 19.9 Å². The zero-order valence-electron chi connectivity index (χ0n) is 22.2. The van der Waals surface area contributed by atoms with Gasteiger partial charge in [0.25, 0.3) is 5.91 Å². The van der Waals surface area contributed by atoms with Crippen molar-refractivity contribution < 1.29 is 43.6 Å². The maximum atomic E-state index is 14.9. The van der Waals surface area contributed by atoms with Crippen LogP contribution in [0.5, 0.6) is 5.75 Å². The second-order valence-electron chi connectivity index (χ2n) is 11.5. The summed E-state index contributed by atoms with van der Waals surface area (Å²) in [5, 5.41) is 45.3. The zero-order chi connectivity index (χ0) is 29.7. The third-order valence-corrected chi connectivity index (χ3v) is 8.74. The molecule has 5 rings (SSSR count). The molecule has 1 fully saturated rings. The van der Waals surface area contributed by atoms with Crippen LogP contribution in [0.3, 0.4) is 0 Å². The number of nitrogens with zero attached hydrogens (tertiary/aromatic N) is 1. The van der Waals surface area contributed by atoms with Crippen molar-refractivity contribution >= 4 is 23.2 Å². The van der Waals surface area contributed by atoms with Gasteiger partial charge in [0.2, 0.25) is 5.78 Å². The summed E-state index contributed by atoms with van der Waals surface area (Å²) in [6, 6.07) is 4.29. The van der Waals surface area contributed by atoms with Gasteiger partial charge in [-0.05, 0) is 56.3 Å². The summed E-state index contributed by atoms with van der Waals surface area (Å²) in [5.74, 6) is -7.40. The van der Waals surface area contributed by atoms with Crippen LogP contribution in [0.2, 0.25) is 0 Å². The van der Waals surface area contributed by atoms with Crippen LogP contribution in [0.1, 0.15) is 31.4 Å². The van der Waals surface area contributed by atoms with Gasteiger partial charge >= 0.3 is 0 Å². The summed E-state index contributed by atoms with van der Waals surface area (Å²) in [7, 11) is 3.02. The molecule has 210 valence electrons. The average Bonchev–Trinajstić information content (AvgIpc) is 2.81. The second-order valence-corrected chi connectivity index (χ2v) is 11.5. The molecule has 0 bridgehead atoms. The molecule has 6 N–H and O–H groups in total. The van der Waals surface area contributed by atoms with E-state index < -0.39 is 74.4 Å². The van der Waals surface area contributed by atoms with E-state index in [0.717, 1.165) is 6.07 Å². The number of Topliss-reactive ketones (excluding diaryl/α,β-unsaturated/α-hetero) is 2. The summed E-state index contributed by atoms with van der Waals surface area (Å²) >= 11 is 0. The fourth-order valence-corrected chi connectivity index (χ4v) is 7.28. The molecule has 3 aliphatic rings. The summed E-state index contributed by atoms with van der Waals surface area (Å²) < 4.78 is 28.5. The quantitative estimate of drug-likeness (QED) is 0.362. The Labute approximate surface area is 227 Å². The average molecular weight is 555 g/mol. The topological polar surface area (TPSA) is 161 Å². The molecule has 2 aromatic carbocycles. The number of ketones is 2. The number of carbonyl (C=O) groups is 3. The Bertz CT molecular complexity index is 1610. The maximum Gasteiger partial charge on any atom is 0.255 e. The van der Waals surface area contributed by atoms with Crippen LogP contribution in [0, 0.1) is 22.5 Å². The summed E-state index contributed by atoms with van der Waals surface area (Å²) in [6.45, 7) is 3.04. The van der Waals surface area contributed by atoms with Crippen LogP contribution in [0.25, 0.3) is 16.9 Å². The van der Waals surface area contributed by atoms with Crippen molar-refractivity contribution in [3.05, 3.63) is 70.0 Å². The van der Waals surface area contributed by atoms with Gasteiger partial charge < -0.3 is 26.2 Å². The minimum atomic E-state index is -2.84. The molecule has 9 nitrogen and oxygen atoms in total. The van der Waals surface area contributed by atoms with Crippen molar-refractivity contribution in [2.24, 2.45) is 16.6 Å². The highest BCUT2D eigenvalue weighted by atomic mass is 19.1. The van der Waals surface area contributed by atoms with Crippen molar-refractivity contribution in [2.75, 3.05) is 14.1 Å². The van der Waals surface area contributed by atoms with E-state index in [0.29, 0.717) is 6.07 Å². The van der Waals surface area contributed by atoms with E-state index in [4.69, 9.17) is 5.73 Å². The zero-order valence-corrected chi connectivity index (χ0v) is 22.2. The molecule has 11 heteroatoms. The van der Waals surface area contributed by atoms with Crippen LogP contribution in [0.15, 0.2) is 47.2 Å². The molecule has 1 saturated carbocycles. The van der Waals surface area contributed by atoms with Gasteiger partial charge in [-0.15, -0.1) is 0 Å². The van der Waals surface area contributed by atoms with Gasteiger partial charge in [0.1, 0.15) is 34.5 Å². The monoisotopic (exact) mass is 554 g/mol. The smallest absolute Gasteiger partial charge is 0.255 e. The van der Waals surface area contributed by atoms with Gasteiger partial charge in [0, 0.05) is 28.0 Å². The number of benzene rings is 2. The van der Waals surface area contributed by atoms with Crippen LogP contribution >= 0.6 is 0 Å². The predicted octanol–water partition coefficient (Wildman–Crippen LogP) is 2.69. The van der Waals surface area contributed by atoms with E-state index in [9.17, 15) is 43.6 Å². The van der Waals surface area contributed by atoms with Crippen molar-refractivity contribution in [3.8, 4) is 16.9 Å². The Morgan fingerprint density at radius 1 is 1.05 bits per heavy atom. The van der Waals surface area contributed by atoms with Gasteiger partial charge in [-0.2, -0.15) is 0 Å². The van der Waals surface area contributed by atoms with E-state index in [2.05, 4.69) is 0 Å². The number of carbonyl (C=O) groups excluding carboxylic acids is 3. The van der Waals surface area contributed by atoms with Crippen LogP contribution < -0.4 is 5.73 Å². The van der Waals surface area contributed by atoms with Gasteiger partial charge in [0.15, 0.2) is 11.4 Å². The number of primary amides is 1. The normalized spacial score (nSPS) is 29.9.